The SMILES string of the molecule is CCC(=O)N1CCN(CCn2c(C#N)cc3cc(CN4CCC(Nc5ncnc6sc(CC(F)(F)F)cc56)CC4)ccc32)CC1. The third-order valence-electron chi connectivity index (χ3n) is 8.84. The number of carbonyl (C=O) groups excluding carboxylic acids is 1. The van der Waals surface area contributed by atoms with Gasteiger partial charge in [-0.25, -0.2) is 9.97 Å². The van der Waals surface area contributed by atoms with Crippen LogP contribution < -0.4 is 5.32 Å². The molecule has 9 nitrogen and oxygen atoms in total. The minimum absolute atomic E-state index is 0.176. The Bertz CT molecular complexity index is 1690. The number of anilines is 1. The summed E-state index contributed by atoms with van der Waals surface area (Å²) >= 11 is 1.06. The summed E-state index contributed by atoms with van der Waals surface area (Å²) in [5.74, 6) is 0.806. The number of aromatic nitrogens is 3. The first-order valence-electron chi connectivity index (χ1n) is 15.5. The summed E-state index contributed by atoms with van der Waals surface area (Å²) in [6.45, 7) is 9.24. The van der Waals surface area contributed by atoms with Gasteiger partial charge in [0, 0.05) is 87.1 Å². The average Bonchev–Trinajstić information content (AvgIpc) is 3.60. The van der Waals surface area contributed by atoms with Crippen LogP contribution >= 0.6 is 11.3 Å². The van der Waals surface area contributed by atoms with Gasteiger partial charge < -0.3 is 14.8 Å². The largest absolute Gasteiger partial charge is 0.393 e. The monoisotopic (exact) mass is 638 g/mol. The smallest absolute Gasteiger partial charge is 0.367 e. The number of hydrogen-bond donors (Lipinski definition) is 1. The molecule has 0 saturated carbocycles. The second-order valence-electron chi connectivity index (χ2n) is 11.9. The fourth-order valence-corrected chi connectivity index (χ4v) is 7.46. The molecule has 5 heterocycles. The van der Waals surface area contributed by atoms with Crippen LogP contribution in [0.4, 0.5) is 19.0 Å². The number of nitrogens with zero attached hydrogens (tertiary/aromatic N) is 7. The van der Waals surface area contributed by atoms with E-state index < -0.39 is 12.6 Å². The summed E-state index contributed by atoms with van der Waals surface area (Å²) in [5, 5.41) is 15.0. The highest BCUT2D eigenvalue weighted by Gasteiger charge is 2.29. The van der Waals surface area contributed by atoms with Gasteiger partial charge in [-0.3, -0.25) is 14.6 Å². The molecule has 2 aliphatic heterocycles. The van der Waals surface area contributed by atoms with Gasteiger partial charge in [-0.1, -0.05) is 13.0 Å². The van der Waals surface area contributed by atoms with Crippen LogP contribution in [-0.4, -0.2) is 93.2 Å². The van der Waals surface area contributed by atoms with Gasteiger partial charge >= 0.3 is 6.18 Å². The number of amides is 1. The highest BCUT2D eigenvalue weighted by molar-refractivity contribution is 7.18. The first-order chi connectivity index (χ1) is 21.7. The van der Waals surface area contributed by atoms with Crippen molar-refractivity contribution in [2.45, 2.75) is 57.9 Å². The minimum Gasteiger partial charge on any atom is -0.367 e. The van der Waals surface area contributed by atoms with Crippen molar-refractivity contribution in [3.63, 3.8) is 0 Å². The summed E-state index contributed by atoms with van der Waals surface area (Å²) < 4.78 is 40.8. The van der Waals surface area contributed by atoms with E-state index in [0.717, 1.165) is 94.0 Å². The van der Waals surface area contributed by atoms with E-state index in [1.807, 2.05) is 17.9 Å². The first-order valence-corrected chi connectivity index (χ1v) is 16.3. The molecule has 2 fully saturated rings. The van der Waals surface area contributed by atoms with Crippen molar-refractivity contribution in [2.75, 3.05) is 51.1 Å². The molecule has 0 spiro atoms. The molecule has 2 saturated heterocycles. The van der Waals surface area contributed by atoms with Crippen molar-refractivity contribution in [3.05, 3.63) is 52.8 Å². The topological polar surface area (TPSA) is 93.3 Å². The summed E-state index contributed by atoms with van der Waals surface area (Å²) in [6, 6.07) is 12.5. The number of fused-ring (bicyclic) bond motifs is 2. The van der Waals surface area contributed by atoms with Gasteiger partial charge in [-0.2, -0.15) is 18.4 Å². The Kier molecular flexibility index (Phi) is 9.26. The van der Waals surface area contributed by atoms with E-state index in [4.69, 9.17) is 0 Å². The number of nitrogens with one attached hydrogen (secondary N) is 1. The predicted molar refractivity (Wildman–Crippen MR) is 169 cm³/mol. The molecule has 1 aromatic carbocycles. The lowest BCUT2D eigenvalue weighted by atomic mass is 10.0. The van der Waals surface area contributed by atoms with Crippen LogP contribution in [0.2, 0.25) is 0 Å². The molecule has 4 aromatic rings. The van der Waals surface area contributed by atoms with E-state index in [-0.39, 0.29) is 16.8 Å². The molecule has 0 unspecified atom stereocenters. The van der Waals surface area contributed by atoms with Crippen LogP contribution in [0.5, 0.6) is 0 Å². The van der Waals surface area contributed by atoms with Gasteiger partial charge in [-0.15, -0.1) is 11.3 Å². The second-order valence-corrected chi connectivity index (χ2v) is 13.0. The first kappa shape index (κ1) is 31.3. The fraction of sp³-hybridized carbons (Fsp3) is 0.500. The number of nitriles is 1. The van der Waals surface area contributed by atoms with Crippen LogP contribution in [0, 0.1) is 11.3 Å². The standard InChI is InChI=1S/C32H37F3N8OS/c1-2-29(44)42-12-9-40(10-13-42)11-14-43-25(19-36)16-23-15-22(3-4-28(23)43)20-41-7-5-24(6-8-41)39-30-27-17-26(18-32(33,34)35)45-31(27)38-21-37-30/h3-4,15-17,21,24H,2,5-14,18,20H2,1H3,(H,37,38,39). The maximum Gasteiger partial charge on any atom is 0.393 e. The number of likely N-dealkylation sites (tertiary alicyclic amines) is 1. The summed E-state index contributed by atoms with van der Waals surface area (Å²) in [6.07, 6.45) is -1.48. The molecule has 1 amide bonds. The van der Waals surface area contributed by atoms with Gasteiger partial charge in [0.1, 0.15) is 28.7 Å². The zero-order chi connectivity index (χ0) is 31.6. The van der Waals surface area contributed by atoms with E-state index in [1.165, 1.54) is 11.9 Å². The number of alkyl halides is 3. The Balaban J connectivity index is 1.03. The van der Waals surface area contributed by atoms with Crippen LogP contribution in [0.3, 0.4) is 0 Å². The molecule has 0 atom stereocenters. The molecule has 2 aliphatic rings. The molecule has 3 aromatic heterocycles. The molecule has 0 radical (unpaired) electrons. The second kappa shape index (κ2) is 13.3. The van der Waals surface area contributed by atoms with Gasteiger partial charge in [-0.05, 0) is 42.7 Å². The number of thiophene rings is 1. The van der Waals surface area contributed by atoms with Gasteiger partial charge in [0.25, 0.3) is 0 Å². The molecule has 238 valence electrons. The Hall–Kier alpha value is -3.73. The third-order valence-corrected chi connectivity index (χ3v) is 9.88. The number of hydrogen-bond acceptors (Lipinski definition) is 8. The van der Waals surface area contributed by atoms with Crippen molar-refractivity contribution in [3.8, 4) is 6.07 Å². The van der Waals surface area contributed by atoms with Crippen molar-refractivity contribution in [2.24, 2.45) is 0 Å². The Morgan fingerprint density at radius 3 is 2.53 bits per heavy atom. The van der Waals surface area contributed by atoms with Crippen LogP contribution in [0.1, 0.15) is 42.3 Å². The predicted octanol–water partition coefficient (Wildman–Crippen LogP) is 5.25. The minimum atomic E-state index is -4.25. The number of halogens is 3. The third kappa shape index (κ3) is 7.40. The van der Waals surface area contributed by atoms with E-state index in [1.54, 1.807) is 6.07 Å². The molecule has 0 aliphatic carbocycles. The quantitative estimate of drug-likeness (QED) is 0.268. The Morgan fingerprint density at radius 2 is 1.82 bits per heavy atom. The Morgan fingerprint density at radius 1 is 1.04 bits per heavy atom. The summed E-state index contributed by atoms with van der Waals surface area (Å²) in [5.41, 5.74) is 2.91. The van der Waals surface area contributed by atoms with Crippen molar-refractivity contribution in [1.82, 2.24) is 29.2 Å². The van der Waals surface area contributed by atoms with Gasteiger partial charge in [0.05, 0.1) is 11.8 Å². The van der Waals surface area contributed by atoms with Crippen molar-refractivity contribution >= 4 is 44.2 Å². The lowest BCUT2D eigenvalue weighted by Gasteiger charge is -2.34. The lowest BCUT2D eigenvalue weighted by Crippen LogP contribution is -2.49. The molecular formula is C32H37F3N8OS. The summed E-state index contributed by atoms with van der Waals surface area (Å²) in [4.78, 5) is 28.0. The van der Waals surface area contributed by atoms with Crippen molar-refractivity contribution in [1.29, 1.82) is 5.26 Å². The number of rotatable bonds is 9. The van der Waals surface area contributed by atoms with Crippen LogP contribution in [-0.2, 0) is 24.3 Å². The van der Waals surface area contributed by atoms with Crippen molar-refractivity contribution < 1.29 is 18.0 Å². The van der Waals surface area contributed by atoms with Crippen LogP contribution in [0.25, 0.3) is 21.1 Å². The van der Waals surface area contributed by atoms with E-state index in [0.29, 0.717) is 28.1 Å². The Labute approximate surface area is 264 Å². The maximum absolute atomic E-state index is 12.9. The number of piperazine rings is 1. The number of carbonyl (C=O) groups is 1. The molecule has 6 rings (SSSR count). The number of benzene rings is 1. The van der Waals surface area contributed by atoms with E-state index in [2.05, 4.69) is 53.9 Å². The molecular weight excluding hydrogens is 601 g/mol. The van der Waals surface area contributed by atoms with Gasteiger partial charge in [0.15, 0.2) is 0 Å². The lowest BCUT2D eigenvalue weighted by molar-refractivity contribution is -0.132. The highest BCUT2D eigenvalue weighted by Crippen LogP contribution is 2.33. The zero-order valence-corrected chi connectivity index (χ0v) is 26.1. The molecule has 1 N–H and O–H groups in total. The van der Waals surface area contributed by atoms with E-state index >= 15 is 0 Å². The zero-order valence-electron chi connectivity index (χ0n) is 25.3. The highest BCUT2D eigenvalue weighted by atomic mass is 32.1. The fourth-order valence-electron chi connectivity index (χ4n) is 6.43. The van der Waals surface area contributed by atoms with Gasteiger partial charge in [0.2, 0.25) is 5.91 Å². The summed E-state index contributed by atoms with van der Waals surface area (Å²) in [7, 11) is 0. The van der Waals surface area contributed by atoms with E-state index in [9.17, 15) is 23.2 Å². The normalized spacial score (nSPS) is 17.3. The number of piperidine rings is 1. The molecule has 45 heavy (non-hydrogen) atoms. The van der Waals surface area contributed by atoms with Crippen LogP contribution in [0.15, 0.2) is 36.7 Å². The maximum atomic E-state index is 12.9. The molecule has 0 bridgehead atoms. The average molecular weight is 639 g/mol. The molecule has 13 heteroatoms.